The van der Waals surface area contributed by atoms with Crippen LogP contribution in [0.2, 0.25) is 0 Å². The van der Waals surface area contributed by atoms with Crippen LogP contribution in [0.5, 0.6) is 5.75 Å². The Morgan fingerprint density at radius 3 is 2.67 bits per heavy atom. The lowest BCUT2D eigenvalue weighted by Gasteiger charge is -2.13. The van der Waals surface area contributed by atoms with Crippen molar-refractivity contribution >= 4 is 0 Å². The minimum atomic E-state index is -2.78. The van der Waals surface area contributed by atoms with Crippen molar-refractivity contribution in [1.82, 2.24) is 15.3 Å². The number of halogens is 2. The second-order valence-corrected chi connectivity index (χ2v) is 4.88. The predicted octanol–water partition coefficient (Wildman–Crippen LogP) is 3.12. The molecule has 0 bridgehead atoms. The zero-order valence-corrected chi connectivity index (χ0v) is 11.9. The summed E-state index contributed by atoms with van der Waals surface area (Å²) in [6, 6.07) is 7.12. The number of aromatic nitrogens is 2. The Morgan fingerprint density at radius 1 is 1.29 bits per heavy atom. The maximum atomic E-state index is 12.0. The van der Waals surface area contributed by atoms with Gasteiger partial charge in [-0.3, -0.25) is 0 Å². The first-order chi connectivity index (χ1) is 10.1. The Kier molecular flexibility index (Phi) is 5.68. The van der Waals surface area contributed by atoms with Gasteiger partial charge in [-0.25, -0.2) is 4.98 Å². The van der Waals surface area contributed by atoms with Crippen LogP contribution in [-0.4, -0.2) is 22.6 Å². The van der Waals surface area contributed by atoms with Crippen LogP contribution in [0.3, 0.4) is 0 Å². The van der Waals surface area contributed by atoms with Crippen molar-refractivity contribution in [3.05, 3.63) is 48.0 Å². The van der Waals surface area contributed by atoms with Crippen LogP contribution >= 0.6 is 0 Å². The summed E-state index contributed by atoms with van der Waals surface area (Å²) in [5.74, 6) is 1.10. The molecule has 4 nitrogen and oxygen atoms in total. The van der Waals surface area contributed by atoms with Gasteiger partial charge >= 0.3 is 6.61 Å². The van der Waals surface area contributed by atoms with E-state index in [0.717, 1.165) is 24.2 Å². The number of alkyl halides is 2. The van der Waals surface area contributed by atoms with Gasteiger partial charge in [-0.15, -0.1) is 0 Å². The molecular formula is C15H19F2N3O. The molecule has 0 aliphatic carbocycles. The highest BCUT2D eigenvalue weighted by Crippen LogP contribution is 2.16. The van der Waals surface area contributed by atoms with E-state index in [1.165, 1.54) is 0 Å². The molecule has 0 fully saturated rings. The quantitative estimate of drug-likeness (QED) is 0.786. The fraction of sp³-hybridized carbons (Fsp3) is 0.400. The molecule has 114 valence electrons. The lowest BCUT2D eigenvalue weighted by molar-refractivity contribution is -0.0498. The molecule has 1 aromatic carbocycles. The molecule has 1 heterocycles. The number of ether oxygens (including phenoxy) is 1. The Labute approximate surface area is 122 Å². The van der Waals surface area contributed by atoms with Crippen molar-refractivity contribution < 1.29 is 13.5 Å². The number of rotatable bonds is 8. The molecule has 2 rings (SSSR count). The highest BCUT2D eigenvalue weighted by molar-refractivity contribution is 5.27. The first-order valence-electron chi connectivity index (χ1n) is 6.89. The van der Waals surface area contributed by atoms with Gasteiger partial charge in [-0.2, -0.15) is 8.78 Å². The lowest BCUT2D eigenvalue weighted by Crippen LogP contribution is -2.26. The van der Waals surface area contributed by atoms with E-state index >= 15 is 0 Å². The van der Waals surface area contributed by atoms with Crippen molar-refractivity contribution in [2.75, 3.05) is 0 Å². The third kappa shape index (κ3) is 5.51. The van der Waals surface area contributed by atoms with E-state index in [2.05, 4.69) is 26.9 Å². The second kappa shape index (κ2) is 7.73. The number of H-pyrrole nitrogens is 1. The normalized spacial score (nSPS) is 12.6. The Bertz CT molecular complexity index is 514. The topological polar surface area (TPSA) is 49.9 Å². The molecule has 0 spiro atoms. The lowest BCUT2D eigenvalue weighted by atomic mass is 10.1. The van der Waals surface area contributed by atoms with Crippen molar-refractivity contribution in [1.29, 1.82) is 0 Å². The molecule has 0 saturated heterocycles. The number of aryl methyl sites for hydroxylation is 1. The summed E-state index contributed by atoms with van der Waals surface area (Å²) in [6.45, 7) is 0.0358. The fourth-order valence-electron chi connectivity index (χ4n) is 1.99. The molecule has 0 amide bonds. The summed E-state index contributed by atoms with van der Waals surface area (Å²) in [5, 5.41) is 3.38. The van der Waals surface area contributed by atoms with Gasteiger partial charge in [0.25, 0.3) is 0 Å². The molecule has 0 radical (unpaired) electrons. The van der Waals surface area contributed by atoms with Gasteiger partial charge in [-0.1, -0.05) is 12.1 Å². The standard InChI is InChI=1S/C15H19F2N3O/c1-11(20-10-14-18-8-9-19-14)2-3-12-4-6-13(7-5-12)21-15(16)17/h4-9,11,15,20H,2-3,10H2,1H3,(H,18,19). The molecule has 2 aromatic rings. The average Bonchev–Trinajstić information content (AvgIpc) is 2.97. The fourth-order valence-corrected chi connectivity index (χ4v) is 1.99. The minimum absolute atomic E-state index is 0.192. The van der Waals surface area contributed by atoms with Gasteiger partial charge in [-0.05, 0) is 37.5 Å². The molecule has 6 heteroatoms. The zero-order valence-electron chi connectivity index (χ0n) is 11.9. The highest BCUT2D eigenvalue weighted by Gasteiger charge is 2.06. The number of hydrogen-bond donors (Lipinski definition) is 2. The number of hydrogen-bond acceptors (Lipinski definition) is 3. The zero-order chi connectivity index (χ0) is 15.1. The summed E-state index contributed by atoms with van der Waals surface area (Å²) >= 11 is 0. The van der Waals surface area contributed by atoms with Crippen LogP contribution in [0.1, 0.15) is 24.7 Å². The Morgan fingerprint density at radius 2 is 2.05 bits per heavy atom. The maximum Gasteiger partial charge on any atom is 0.387 e. The largest absolute Gasteiger partial charge is 0.435 e. The minimum Gasteiger partial charge on any atom is -0.435 e. The predicted molar refractivity (Wildman–Crippen MR) is 76.3 cm³/mol. The molecule has 1 atom stereocenters. The van der Waals surface area contributed by atoms with Crippen LogP contribution in [0, 0.1) is 0 Å². The summed E-state index contributed by atoms with van der Waals surface area (Å²) in [7, 11) is 0. The van der Waals surface area contributed by atoms with Gasteiger partial charge in [0.05, 0.1) is 6.54 Å². The number of aromatic amines is 1. The van der Waals surface area contributed by atoms with Gasteiger partial charge in [0.15, 0.2) is 0 Å². The number of nitrogens with one attached hydrogen (secondary N) is 2. The van der Waals surface area contributed by atoms with Gasteiger partial charge in [0.2, 0.25) is 0 Å². The van der Waals surface area contributed by atoms with Crippen LogP contribution in [0.25, 0.3) is 0 Å². The monoisotopic (exact) mass is 295 g/mol. The maximum absolute atomic E-state index is 12.0. The van der Waals surface area contributed by atoms with Gasteiger partial charge in [0.1, 0.15) is 11.6 Å². The molecule has 1 unspecified atom stereocenters. The highest BCUT2D eigenvalue weighted by atomic mass is 19.3. The number of imidazole rings is 1. The summed E-state index contributed by atoms with van der Waals surface area (Å²) < 4.78 is 28.4. The van der Waals surface area contributed by atoms with Crippen LogP contribution < -0.4 is 10.1 Å². The van der Waals surface area contributed by atoms with E-state index in [1.54, 1.807) is 24.5 Å². The van der Waals surface area contributed by atoms with Crippen LogP contribution in [0.15, 0.2) is 36.7 Å². The first-order valence-corrected chi connectivity index (χ1v) is 6.89. The van der Waals surface area contributed by atoms with Crippen LogP contribution in [0.4, 0.5) is 8.78 Å². The van der Waals surface area contributed by atoms with Crippen molar-refractivity contribution in [3.8, 4) is 5.75 Å². The molecule has 2 N–H and O–H groups in total. The average molecular weight is 295 g/mol. The van der Waals surface area contributed by atoms with E-state index < -0.39 is 6.61 Å². The Balaban J connectivity index is 1.71. The third-order valence-corrected chi connectivity index (χ3v) is 3.19. The summed E-state index contributed by atoms with van der Waals surface area (Å²) in [6.07, 6.45) is 5.35. The molecule has 0 aliphatic rings. The summed E-state index contributed by atoms with van der Waals surface area (Å²) in [5.41, 5.74) is 1.10. The third-order valence-electron chi connectivity index (χ3n) is 3.19. The molecule has 1 aromatic heterocycles. The van der Waals surface area contributed by atoms with Gasteiger partial charge in [0, 0.05) is 18.4 Å². The molecular weight excluding hydrogens is 276 g/mol. The number of benzene rings is 1. The first kappa shape index (κ1) is 15.4. The molecule has 0 saturated carbocycles. The second-order valence-electron chi connectivity index (χ2n) is 4.88. The van der Waals surface area contributed by atoms with E-state index in [0.29, 0.717) is 12.6 Å². The number of nitrogens with zero attached hydrogens (tertiary/aromatic N) is 1. The molecule has 21 heavy (non-hydrogen) atoms. The van der Waals surface area contributed by atoms with Crippen molar-refractivity contribution in [3.63, 3.8) is 0 Å². The smallest absolute Gasteiger partial charge is 0.387 e. The van der Waals surface area contributed by atoms with E-state index in [1.807, 2.05) is 12.1 Å². The SMILES string of the molecule is CC(CCc1ccc(OC(F)F)cc1)NCc1ncc[nH]1. The van der Waals surface area contributed by atoms with Gasteiger partial charge < -0.3 is 15.0 Å². The summed E-state index contributed by atoms with van der Waals surface area (Å²) in [4.78, 5) is 7.19. The van der Waals surface area contributed by atoms with E-state index in [9.17, 15) is 8.78 Å². The van der Waals surface area contributed by atoms with E-state index in [-0.39, 0.29) is 5.75 Å². The molecule has 0 aliphatic heterocycles. The van der Waals surface area contributed by atoms with E-state index in [4.69, 9.17) is 0 Å². The van der Waals surface area contributed by atoms with Crippen molar-refractivity contribution in [2.24, 2.45) is 0 Å². The van der Waals surface area contributed by atoms with Crippen LogP contribution in [-0.2, 0) is 13.0 Å². The Hall–Kier alpha value is -1.95. The van der Waals surface area contributed by atoms with Crippen molar-refractivity contribution in [2.45, 2.75) is 39.0 Å².